The van der Waals surface area contributed by atoms with Crippen LogP contribution < -0.4 is 5.73 Å². The summed E-state index contributed by atoms with van der Waals surface area (Å²) < 4.78 is 0. The largest absolute Gasteiger partial charge is 0.342 e. The number of carbonyl (C=O) groups is 1. The van der Waals surface area contributed by atoms with Gasteiger partial charge in [-0.2, -0.15) is 0 Å². The van der Waals surface area contributed by atoms with Crippen LogP contribution in [0.4, 0.5) is 0 Å². The van der Waals surface area contributed by atoms with Crippen molar-refractivity contribution in [1.29, 1.82) is 0 Å². The van der Waals surface area contributed by atoms with Crippen LogP contribution in [0.25, 0.3) is 0 Å². The van der Waals surface area contributed by atoms with E-state index in [4.69, 9.17) is 5.73 Å². The predicted molar refractivity (Wildman–Crippen MR) is 73.2 cm³/mol. The van der Waals surface area contributed by atoms with Crippen molar-refractivity contribution in [3.8, 4) is 0 Å². The molecule has 0 aromatic rings. The zero-order valence-corrected chi connectivity index (χ0v) is 11.8. The molecule has 0 aromatic heterocycles. The summed E-state index contributed by atoms with van der Waals surface area (Å²) in [6, 6.07) is 0.767. The number of piperidine rings is 2. The number of hydrogen-bond acceptors (Lipinski definition) is 3. The Morgan fingerprint density at radius 2 is 1.83 bits per heavy atom. The second kappa shape index (κ2) is 6.02. The average Bonchev–Trinajstić information content (AvgIpc) is 2.33. The molecule has 2 heterocycles. The van der Waals surface area contributed by atoms with Crippen LogP contribution in [-0.2, 0) is 4.79 Å². The maximum absolute atomic E-state index is 12.3. The first-order chi connectivity index (χ1) is 8.56. The maximum Gasteiger partial charge on any atom is 0.236 e. The van der Waals surface area contributed by atoms with Gasteiger partial charge in [0, 0.05) is 31.7 Å². The van der Waals surface area contributed by atoms with E-state index in [0.29, 0.717) is 24.5 Å². The third-order valence-electron chi connectivity index (χ3n) is 4.53. The van der Waals surface area contributed by atoms with Gasteiger partial charge in [-0.3, -0.25) is 9.69 Å². The summed E-state index contributed by atoms with van der Waals surface area (Å²) in [6.45, 7) is 7.91. The quantitative estimate of drug-likeness (QED) is 0.800. The lowest BCUT2D eigenvalue weighted by molar-refractivity contribution is -0.134. The van der Waals surface area contributed by atoms with Crippen molar-refractivity contribution in [3.05, 3.63) is 0 Å². The molecule has 2 fully saturated rings. The lowest BCUT2D eigenvalue weighted by Crippen LogP contribution is -2.50. The predicted octanol–water partition coefficient (Wildman–Crippen LogP) is 1.06. The fourth-order valence-corrected chi connectivity index (χ4v) is 3.02. The van der Waals surface area contributed by atoms with Crippen molar-refractivity contribution in [2.75, 3.05) is 26.2 Å². The zero-order chi connectivity index (χ0) is 13.1. The Morgan fingerprint density at radius 1 is 1.17 bits per heavy atom. The topological polar surface area (TPSA) is 49.6 Å². The second-order valence-electron chi connectivity index (χ2n) is 6.17. The molecule has 2 rings (SSSR count). The van der Waals surface area contributed by atoms with Gasteiger partial charge in [-0.05, 0) is 38.5 Å². The minimum Gasteiger partial charge on any atom is -0.342 e. The Bertz CT molecular complexity index is 287. The molecule has 2 unspecified atom stereocenters. The van der Waals surface area contributed by atoms with Crippen LogP contribution in [0.3, 0.4) is 0 Å². The molecule has 2 atom stereocenters. The lowest BCUT2D eigenvalue weighted by atomic mass is 9.98. The lowest BCUT2D eigenvalue weighted by Gasteiger charge is -2.38. The van der Waals surface area contributed by atoms with E-state index in [2.05, 4.69) is 18.7 Å². The van der Waals surface area contributed by atoms with Gasteiger partial charge in [0.2, 0.25) is 5.91 Å². The number of carbonyl (C=O) groups excluding carboxylic acids is 1. The second-order valence-corrected chi connectivity index (χ2v) is 6.17. The first kappa shape index (κ1) is 13.8. The normalized spacial score (nSPS) is 31.6. The van der Waals surface area contributed by atoms with Crippen molar-refractivity contribution in [3.63, 3.8) is 0 Å². The third-order valence-corrected chi connectivity index (χ3v) is 4.53. The van der Waals surface area contributed by atoms with Gasteiger partial charge in [-0.15, -0.1) is 0 Å². The molecule has 18 heavy (non-hydrogen) atoms. The van der Waals surface area contributed by atoms with Gasteiger partial charge in [0.05, 0.1) is 6.54 Å². The third kappa shape index (κ3) is 3.45. The highest BCUT2D eigenvalue weighted by atomic mass is 16.2. The van der Waals surface area contributed by atoms with E-state index in [1.807, 2.05) is 4.90 Å². The molecule has 2 aliphatic rings. The van der Waals surface area contributed by atoms with Gasteiger partial charge in [-0.1, -0.05) is 6.92 Å². The summed E-state index contributed by atoms with van der Waals surface area (Å²) in [5.74, 6) is 1.09. The minimum atomic E-state index is 0.309. The zero-order valence-electron chi connectivity index (χ0n) is 11.8. The van der Waals surface area contributed by atoms with Crippen LogP contribution in [-0.4, -0.2) is 54.0 Å². The Hall–Kier alpha value is -0.610. The molecule has 0 aliphatic carbocycles. The molecular weight excluding hydrogens is 226 g/mol. The number of nitrogens with two attached hydrogens (primary N) is 1. The van der Waals surface area contributed by atoms with Crippen molar-refractivity contribution in [2.24, 2.45) is 11.7 Å². The van der Waals surface area contributed by atoms with Gasteiger partial charge in [0.15, 0.2) is 0 Å². The van der Waals surface area contributed by atoms with Crippen LogP contribution in [0.5, 0.6) is 0 Å². The molecule has 0 radical (unpaired) electrons. The minimum absolute atomic E-state index is 0.309. The Morgan fingerprint density at radius 3 is 2.44 bits per heavy atom. The molecular formula is C14H27N3O. The van der Waals surface area contributed by atoms with Crippen LogP contribution in [0.1, 0.15) is 39.5 Å². The van der Waals surface area contributed by atoms with E-state index in [1.165, 1.54) is 0 Å². The molecule has 4 heteroatoms. The Labute approximate surface area is 110 Å². The average molecular weight is 253 g/mol. The van der Waals surface area contributed by atoms with Crippen LogP contribution in [0.2, 0.25) is 0 Å². The SMILES string of the molecule is CC1CCN(C(=O)CN2CCC(N)CC2C)CC1. The van der Waals surface area contributed by atoms with Gasteiger partial charge < -0.3 is 10.6 Å². The van der Waals surface area contributed by atoms with Gasteiger partial charge in [0.25, 0.3) is 0 Å². The number of amides is 1. The summed E-state index contributed by atoms with van der Waals surface area (Å²) >= 11 is 0. The molecule has 104 valence electrons. The van der Waals surface area contributed by atoms with Crippen LogP contribution in [0, 0.1) is 5.92 Å². The number of rotatable bonds is 2. The first-order valence-electron chi connectivity index (χ1n) is 7.33. The molecule has 2 N–H and O–H groups in total. The summed E-state index contributed by atoms with van der Waals surface area (Å²) in [6.07, 6.45) is 4.36. The van der Waals surface area contributed by atoms with Crippen LogP contribution in [0.15, 0.2) is 0 Å². The van der Waals surface area contributed by atoms with Crippen molar-refractivity contribution >= 4 is 5.91 Å². The maximum atomic E-state index is 12.3. The van der Waals surface area contributed by atoms with E-state index in [0.717, 1.165) is 51.2 Å². The van der Waals surface area contributed by atoms with E-state index in [1.54, 1.807) is 0 Å². The number of hydrogen-bond donors (Lipinski definition) is 1. The van der Waals surface area contributed by atoms with Gasteiger partial charge in [0.1, 0.15) is 0 Å². The molecule has 2 saturated heterocycles. The number of likely N-dealkylation sites (tertiary alicyclic amines) is 2. The van der Waals surface area contributed by atoms with Gasteiger partial charge >= 0.3 is 0 Å². The highest BCUT2D eigenvalue weighted by molar-refractivity contribution is 5.78. The van der Waals surface area contributed by atoms with Crippen molar-refractivity contribution in [2.45, 2.75) is 51.6 Å². The van der Waals surface area contributed by atoms with E-state index >= 15 is 0 Å². The van der Waals surface area contributed by atoms with Gasteiger partial charge in [-0.25, -0.2) is 0 Å². The smallest absolute Gasteiger partial charge is 0.236 e. The van der Waals surface area contributed by atoms with Crippen molar-refractivity contribution < 1.29 is 4.79 Å². The molecule has 4 nitrogen and oxygen atoms in total. The highest BCUT2D eigenvalue weighted by Gasteiger charge is 2.27. The standard InChI is InChI=1S/C14H27N3O/c1-11-3-6-16(7-4-11)14(18)10-17-8-5-13(15)9-12(17)2/h11-13H,3-10,15H2,1-2H3. The monoisotopic (exact) mass is 253 g/mol. The van der Waals surface area contributed by atoms with E-state index in [-0.39, 0.29) is 0 Å². The van der Waals surface area contributed by atoms with Crippen molar-refractivity contribution in [1.82, 2.24) is 9.80 Å². The highest BCUT2D eigenvalue weighted by Crippen LogP contribution is 2.18. The summed E-state index contributed by atoms with van der Waals surface area (Å²) in [7, 11) is 0. The summed E-state index contributed by atoms with van der Waals surface area (Å²) in [5, 5.41) is 0. The Kier molecular flexibility index (Phi) is 4.62. The molecule has 0 saturated carbocycles. The first-order valence-corrected chi connectivity index (χ1v) is 7.33. The summed E-state index contributed by atoms with van der Waals surface area (Å²) in [4.78, 5) is 16.6. The fraction of sp³-hybridized carbons (Fsp3) is 0.929. The molecule has 0 aromatic carbocycles. The summed E-state index contributed by atoms with van der Waals surface area (Å²) in [5.41, 5.74) is 5.95. The van der Waals surface area contributed by atoms with E-state index < -0.39 is 0 Å². The van der Waals surface area contributed by atoms with E-state index in [9.17, 15) is 4.79 Å². The molecule has 0 spiro atoms. The fourth-order valence-electron chi connectivity index (χ4n) is 3.02. The Balaban J connectivity index is 1.80. The van der Waals surface area contributed by atoms with Crippen LogP contribution >= 0.6 is 0 Å². The molecule has 0 bridgehead atoms. The molecule has 2 aliphatic heterocycles. The molecule has 1 amide bonds. The number of nitrogens with zero attached hydrogens (tertiary/aromatic N) is 2.